The lowest BCUT2D eigenvalue weighted by Gasteiger charge is -2.09. The quantitative estimate of drug-likeness (QED) is 0.701. The minimum atomic E-state index is 0.337. The lowest BCUT2D eigenvalue weighted by atomic mass is 10.0. The molecule has 3 heteroatoms. The number of Topliss-reactive ketones (excluding diaryl/α,β-unsaturated/α-hetero) is 1. The van der Waals surface area contributed by atoms with Gasteiger partial charge in [0.2, 0.25) is 0 Å². The zero-order chi connectivity index (χ0) is 11.7. The topological polar surface area (TPSA) is 30.0 Å². The molecule has 2 nitrogen and oxygen atoms in total. The number of nitrogens with zero attached hydrogens (tertiary/aromatic N) is 1. The maximum atomic E-state index is 11.8. The Bertz CT molecular complexity index is 416. The number of aromatic nitrogens is 1. The van der Waals surface area contributed by atoms with Gasteiger partial charge in [-0.3, -0.25) is 4.79 Å². The summed E-state index contributed by atoms with van der Waals surface area (Å²) < 4.78 is 0. The zero-order valence-electron chi connectivity index (χ0n) is 10.2. The van der Waals surface area contributed by atoms with Crippen molar-refractivity contribution in [1.82, 2.24) is 4.98 Å². The van der Waals surface area contributed by atoms with Crippen molar-refractivity contribution in [3.63, 3.8) is 0 Å². The van der Waals surface area contributed by atoms with E-state index >= 15 is 0 Å². The van der Waals surface area contributed by atoms with Gasteiger partial charge < -0.3 is 0 Å². The Kier molecular flexibility index (Phi) is 3.28. The number of thiazole rings is 1. The van der Waals surface area contributed by atoms with E-state index in [-0.39, 0.29) is 0 Å². The van der Waals surface area contributed by atoms with Crippen molar-refractivity contribution in [3.05, 3.63) is 15.6 Å². The first-order valence-corrected chi connectivity index (χ1v) is 7.69. The minimum absolute atomic E-state index is 0.337. The number of rotatable bonds is 1. The maximum absolute atomic E-state index is 11.8. The fourth-order valence-corrected chi connectivity index (χ4v) is 4.24. The summed E-state index contributed by atoms with van der Waals surface area (Å²) in [6, 6.07) is 0. The molecule has 0 spiro atoms. The van der Waals surface area contributed by atoms with Crippen molar-refractivity contribution < 1.29 is 4.79 Å². The molecule has 17 heavy (non-hydrogen) atoms. The molecule has 3 rings (SSSR count). The molecule has 0 atom stereocenters. The molecule has 0 radical (unpaired) electrons. The van der Waals surface area contributed by atoms with Crippen molar-refractivity contribution >= 4 is 17.1 Å². The van der Waals surface area contributed by atoms with Gasteiger partial charge >= 0.3 is 0 Å². The van der Waals surface area contributed by atoms with Crippen LogP contribution in [0.5, 0.6) is 0 Å². The molecule has 0 amide bonds. The lowest BCUT2D eigenvalue weighted by Crippen LogP contribution is -2.07. The summed E-state index contributed by atoms with van der Waals surface area (Å²) in [7, 11) is 0. The molecule has 1 aromatic rings. The Morgan fingerprint density at radius 3 is 2.47 bits per heavy atom. The highest BCUT2D eigenvalue weighted by atomic mass is 32.1. The number of fused-ring (bicyclic) bond motifs is 1. The molecule has 92 valence electrons. The normalized spacial score (nSPS) is 22.2. The molecule has 0 bridgehead atoms. The molecule has 1 fully saturated rings. The highest BCUT2D eigenvalue weighted by Gasteiger charge is 2.25. The predicted octanol–water partition coefficient (Wildman–Crippen LogP) is 4.10. The van der Waals surface area contributed by atoms with Crippen LogP contribution in [0.25, 0.3) is 0 Å². The number of ketones is 1. The van der Waals surface area contributed by atoms with Crippen molar-refractivity contribution in [2.45, 2.75) is 63.7 Å². The van der Waals surface area contributed by atoms with Crippen LogP contribution < -0.4 is 0 Å². The van der Waals surface area contributed by atoms with Gasteiger partial charge in [-0.1, -0.05) is 25.7 Å². The number of hydrogen-bond donors (Lipinski definition) is 0. The number of aryl methyl sites for hydroxylation is 1. The molecule has 0 N–H and O–H groups in total. The van der Waals surface area contributed by atoms with Crippen molar-refractivity contribution in [2.75, 3.05) is 0 Å². The van der Waals surface area contributed by atoms with Gasteiger partial charge in [-0.25, -0.2) is 4.98 Å². The van der Waals surface area contributed by atoms with E-state index in [0.717, 1.165) is 29.8 Å². The van der Waals surface area contributed by atoms with Gasteiger partial charge in [0.15, 0.2) is 5.78 Å². The summed E-state index contributed by atoms with van der Waals surface area (Å²) >= 11 is 1.70. The van der Waals surface area contributed by atoms with Gasteiger partial charge in [-0.05, 0) is 25.7 Å². The summed E-state index contributed by atoms with van der Waals surface area (Å²) in [5.41, 5.74) is 1.10. The van der Waals surface area contributed by atoms with Crippen LogP contribution in [0.2, 0.25) is 0 Å². The molecule has 2 aliphatic carbocycles. The number of carbonyl (C=O) groups excluding carboxylic acids is 1. The fourth-order valence-electron chi connectivity index (χ4n) is 2.99. The van der Waals surface area contributed by atoms with Crippen LogP contribution in [0.4, 0.5) is 0 Å². The van der Waals surface area contributed by atoms with E-state index in [1.165, 1.54) is 43.5 Å². The minimum Gasteiger partial charge on any atom is -0.293 e. The highest BCUT2D eigenvalue weighted by Crippen LogP contribution is 2.36. The Hall–Kier alpha value is -0.700. The van der Waals surface area contributed by atoms with E-state index in [0.29, 0.717) is 11.7 Å². The zero-order valence-corrected chi connectivity index (χ0v) is 11.0. The van der Waals surface area contributed by atoms with Crippen LogP contribution in [0, 0.1) is 0 Å². The lowest BCUT2D eigenvalue weighted by molar-refractivity contribution is 0.0976. The number of carbonyl (C=O) groups is 1. The maximum Gasteiger partial charge on any atom is 0.174 e. The third-order valence-corrected chi connectivity index (χ3v) is 5.29. The van der Waals surface area contributed by atoms with Crippen LogP contribution >= 0.6 is 11.3 Å². The van der Waals surface area contributed by atoms with Crippen LogP contribution in [-0.2, 0) is 6.42 Å². The molecule has 0 unspecified atom stereocenters. The second-order valence-corrected chi connectivity index (χ2v) is 6.32. The van der Waals surface area contributed by atoms with E-state index in [9.17, 15) is 4.79 Å². The van der Waals surface area contributed by atoms with Crippen LogP contribution in [0.1, 0.15) is 77.7 Å². The number of hydrogen-bond acceptors (Lipinski definition) is 3. The van der Waals surface area contributed by atoms with E-state index in [4.69, 9.17) is 4.98 Å². The average Bonchev–Trinajstić information content (AvgIpc) is 2.59. The van der Waals surface area contributed by atoms with Gasteiger partial charge in [0.25, 0.3) is 0 Å². The Morgan fingerprint density at radius 2 is 1.76 bits per heavy atom. The first-order valence-electron chi connectivity index (χ1n) is 6.87. The Morgan fingerprint density at radius 1 is 1.00 bits per heavy atom. The van der Waals surface area contributed by atoms with Gasteiger partial charge in [-0.15, -0.1) is 11.3 Å². The monoisotopic (exact) mass is 249 g/mol. The molecule has 1 saturated carbocycles. The summed E-state index contributed by atoms with van der Waals surface area (Å²) in [6.45, 7) is 0. The summed E-state index contributed by atoms with van der Waals surface area (Å²) in [5, 5.41) is 1.26. The SMILES string of the molecule is O=C1CCCc2nc(C3CCCCCC3)sc21. The second-order valence-electron chi connectivity index (χ2n) is 5.29. The van der Waals surface area contributed by atoms with Gasteiger partial charge in [0, 0.05) is 12.3 Å². The summed E-state index contributed by atoms with van der Waals surface area (Å²) in [5.74, 6) is 0.976. The molecule has 1 aromatic heterocycles. The Labute approximate surface area is 106 Å². The van der Waals surface area contributed by atoms with E-state index < -0.39 is 0 Å². The first kappa shape index (κ1) is 11.4. The predicted molar refractivity (Wildman–Crippen MR) is 69.8 cm³/mol. The largest absolute Gasteiger partial charge is 0.293 e. The molecular weight excluding hydrogens is 230 g/mol. The van der Waals surface area contributed by atoms with Gasteiger partial charge in [-0.2, -0.15) is 0 Å². The molecule has 0 aliphatic heterocycles. The fraction of sp³-hybridized carbons (Fsp3) is 0.714. The second kappa shape index (κ2) is 4.89. The average molecular weight is 249 g/mol. The van der Waals surface area contributed by atoms with Crippen LogP contribution in [0.3, 0.4) is 0 Å². The summed E-state index contributed by atoms with van der Waals surface area (Å²) in [6.07, 6.45) is 10.7. The smallest absolute Gasteiger partial charge is 0.174 e. The molecule has 0 aromatic carbocycles. The third kappa shape index (κ3) is 2.30. The standard InChI is InChI=1S/C14H19NOS/c16-12-9-5-8-11-13(12)17-14(15-11)10-6-3-1-2-4-7-10/h10H,1-9H2. The van der Waals surface area contributed by atoms with E-state index in [1.807, 2.05) is 0 Å². The molecular formula is C14H19NOS. The molecule has 1 heterocycles. The molecule has 2 aliphatic rings. The third-order valence-electron chi connectivity index (χ3n) is 3.99. The van der Waals surface area contributed by atoms with E-state index in [1.54, 1.807) is 11.3 Å². The van der Waals surface area contributed by atoms with E-state index in [2.05, 4.69) is 0 Å². The van der Waals surface area contributed by atoms with Gasteiger partial charge in [0.1, 0.15) is 0 Å². The van der Waals surface area contributed by atoms with Crippen molar-refractivity contribution in [1.29, 1.82) is 0 Å². The Balaban J connectivity index is 1.85. The van der Waals surface area contributed by atoms with Crippen molar-refractivity contribution in [3.8, 4) is 0 Å². The first-order chi connectivity index (χ1) is 8.34. The highest BCUT2D eigenvalue weighted by molar-refractivity contribution is 7.14. The summed E-state index contributed by atoms with van der Waals surface area (Å²) in [4.78, 5) is 17.6. The van der Waals surface area contributed by atoms with Crippen LogP contribution in [-0.4, -0.2) is 10.8 Å². The van der Waals surface area contributed by atoms with Gasteiger partial charge in [0.05, 0.1) is 15.6 Å². The molecule has 0 saturated heterocycles. The van der Waals surface area contributed by atoms with Crippen molar-refractivity contribution in [2.24, 2.45) is 0 Å². The van der Waals surface area contributed by atoms with Crippen LogP contribution in [0.15, 0.2) is 0 Å².